The number of nitrogens with one attached hydrogen (secondary N) is 1. The lowest BCUT2D eigenvalue weighted by molar-refractivity contribution is 0.0731. The van der Waals surface area contributed by atoms with Gasteiger partial charge in [-0.05, 0) is 32.2 Å². The number of hydrogen-bond donors (Lipinski definition) is 1. The quantitative estimate of drug-likeness (QED) is 0.864. The molecule has 0 aliphatic rings. The molecule has 2 heterocycles. The number of carbonyl (C=O) groups excluding carboxylic acids is 1. The molecule has 0 bridgehead atoms. The van der Waals surface area contributed by atoms with Gasteiger partial charge in [0.25, 0.3) is 5.91 Å². The second-order valence-electron chi connectivity index (χ2n) is 4.78. The Labute approximate surface area is 129 Å². The third-order valence-corrected chi connectivity index (χ3v) is 4.76. The second-order valence-corrected chi connectivity index (χ2v) is 6.66. The van der Waals surface area contributed by atoms with E-state index in [9.17, 15) is 13.2 Å². The average Bonchev–Trinajstić information content (AvgIpc) is 3.13. The van der Waals surface area contributed by atoms with Gasteiger partial charge in [-0.25, -0.2) is 13.1 Å². The summed E-state index contributed by atoms with van der Waals surface area (Å²) in [6.45, 7) is 2.68. The fraction of sp³-hybridized carbons (Fsp3) is 0.357. The molecule has 2 aromatic heterocycles. The number of sulfonamides is 1. The van der Waals surface area contributed by atoms with Crippen LogP contribution in [0.5, 0.6) is 0 Å². The first-order valence-corrected chi connectivity index (χ1v) is 8.29. The van der Waals surface area contributed by atoms with Crippen LogP contribution in [0.1, 0.15) is 23.2 Å². The molecule has 120 valence electrons. The topological polar surface area (TPSA) is 84.6 Å². The first-order valence-electron chi connectivity index (χ1n) is 6.80. The highest BCUT2D eigenvalue weighted by Gasteiger charge is 2.22. The van der Waals surface area contributed by atoms with E-state index in [4.69, 9.17) is 4.42 Å². The minimum absolute atomic E-state index is 0.0647. The summed E-state index contributed by atoms with van der Waals surface area (Å²) < 4.78 is 32.6. The van der Waals surface area contributed by atoms with Gasteiger partial charge in [0, 0.05) is 19.8 Å². The molecule has 0 aliphatic heterocycles. The fourth-order valence-electron chi connectivity index (χ4n) is 2.09. The summed E-state index contributed by atoms with van der Waals surface area (Å²) in [7, 11) is -0.602. The van der Waals surface area contributed by atoms with E-state index in [0.717, 1.165) is 0 Å². The number of aryl methyl sites for hydroxylation is 1. The first kappa shape index (κ1) is 16.3. The van der Waals surface area contributed by atoms with E-state index >= 15 is 0 Å². The highest BCUT2D eigenvalue weighted by molar-refractivity contribution is 7.89. The van der Waals surface area contributed by atoms with E-state index in [0.29, 0.717) is 24.5 Å². The second kappa shape index (κ2) is 6.37. The number of carbonyl (C=O) groups is 1. The van der Waals surface area contributed by atoms with Crippen LogP contribution >= 0.6 is 0 Å². The van der Waals surface area contributed by atoms with Gasteiger partial charge in [0.2, 0.25) is 10.0 Å². The zero-order valence-corrected chi connectivity index (χ0v) is 13.6. The number of furan rings is 1. The maximum Gasteiger partial charge on any atom is 0.270 e. The Bertz CT molecular complexity index is 747. The van der Waals surface area contributed by atoms with E-state index in [1.54, 1.807) is 30.3 Å². The molecule has 0 saturated carbocycles. The lowest BCUT2D eigenvalue weighted by Gasteiger charge is -2.19. The summed E-state index contributed by atoms with van der Waals surface area (Å²) in [5.41, 5.74) is 0.308. The van der Waals surface area contributed by atoms with Crippen LogP contribution in [0.4, 0.5) is 0 Å². The molecular formula is C14H19N3O4S. The van der Waals surface area contributed by atoms with Crippen LogP contribution in [-0.4, -0.2) is 37.4 Å². The fourth-order valence-corrected chi connectivity index (χ4v) is 2.89. The molecule has 1 N–H and O–H groups in total. The van der Waals surface area contributed by atoms with Crippen molar-refractivity contribution in [2.45, 2.75) is 18.4 Å². The van der Waals surface area contributed by atoms with Crippen molar-refractivity contribution in [2.24, 2.45) is 7.05 Å². The Kier molecular flexibility index (Phi) is 4.72. The van der Waals surface area contributed by atoms with Crippen molar-refractivity contribution in [2.75, 3.05) is 13.6 Å². The molecule has 7 nitrogen and oxygen atoms in total. The minimum Gasteiger partial charge on any atom is -0.467 e. The molecule has 8 heteroatoms. The van der Waals surface area contributed by atoms with Crippen molar-refractivity contribution >= 4 is 15.9 Å². The standard InChI is InChI=1S/C14H19N3O4S/c1-4-17(9-11-6-5-7-21-11)14(18)13-8-12(10-16(13)3)22(19,20)15-2/h5-8,10,15H,4,9H2,1-3H3. The Morgan fingerprint density at radius 2 is 2.18 bits per heavy atom. The van der Waals surface area contributed by atoms with Crippen molar-refractivity contribution in [3.63, 3.8) is 0 Å². The molecule has 0 unspecified atom stereocenters. The van der Waals surface area contributed by atoms with Gasteiger partial charge in [-0.2, -0.15) is 0 Å². The SMILES string of the molecule is CCN(Cc1ccco1)C(=O)c1cc(S(=O)(=O)NC)cn1C. The van der Waals surface area contributed by atoms with Gasteiger partial charge in [-0.15, -0.1) is 0 Å². The molecule has 0 saturated heterocycles. The van der Waals surface area contributed by atoms with Crippen LogP contribution in [0.15, 0.2) is 40.0 Å². The Balaban J connectivity index is 2.28. The summed E-state index contributed by atoms with van der Waals surface area (Å²) in [5.74, 6) is 0.423. The van der Waals surface area contributed by atoms with Gasteiger partial charge in [0.1, 0.15) is 16.3 Å². The molecule has 0 radical (unpaired) electrons. The smallest absolute Gasteiger partial charge is 0.270 e. The maximum absolute atomic E-state index is 12.6. The van der Waals surface area contributed by atoms with E-state index in [2.05, 4.69) is 4.72 Å². The molecule has 22 heavy (non-hydrogen) atoms. The summed E-state index contributed by atoms with van der Waals surface area (Å²) in [6, 6.07) is 4.92. The average molecular weight is 325 g/mol. The third-order valence-electron chi connectivity index (χ3n) is 3.37. The van der Waals surface area contributed by atoms with E-state index in [-0.39, 0.29) is 10.8 Å². The van der Waals surface area contributed by atoms with Crippen molar-refractivity contribution in [1.29, 1.82) is 0 Å². The number of nitrogens with zero attached hydrogens (tertiary/aromatic N) is 2. The number of amides is 1. The van der Waals surface area contributed by atoms with Crippen molar-refractivity contribution in [3.05, 3.63) is 42.1 Å². The molecule has 2 rings (SSSR count). The van der Waals surface area contributed by atoms with Gasteiger partial charge in [-0.1, -0.05) is 0 Å². The lowest BCUT2D eigenvalue weighted by Crippen LogP contribution is -2.31. The highest BCUT2D eigenvalue weighted by Crippen LogP contribution is 2.16. The van der Waals surface area contributed by atoms with Gasteiger partial charge in [-0.3, -0.25) is 4.79 Å². The minimum atomic E-state index is -3.58. The van der Waals surface area contributed by atoms with Gasteiger partial charge < -0.3 is 13.9 Å². The third kappa shape index (κ3) is 3.23. The molecule has 0 atom stereocenters. The Morgan fingerprint density at radius 3 is 2.73 bits per heavy atom. The summed E-state index contributed by atoms with van der Waals surface area (Å²) >= 11 is 0. The first-order chi connectivity index (χ1) is 10.4. The summed E-state index contributed by atoms with van der Waals surface area (Å²) in [6.07, 6.45) is 2.97. The van der Waals surface area contributed by atoms with Crippen LogP contribution in [0.2, 0.25) is 0 Å². The van der Waals surface area contributed by atoms with Crippen molar-refractivity contribution in [3.8, 4) is 0 Å². The van der Waals surface area contributed by atoms with Crippen molar-refractivity contribution in [1.82, 2.24) is 14.2 Å². The molecule has 0 aliphatic carbocycles. The zero-order valence-electron chi connectivity index (χ0n) is 12.7. The zero-order chi connectivity index (χ0) is 16.3. The van der Waals surface area contributed by atoms with Gasteiger partial charge >= 0.3 is 0 Å². The maximum atomic E-state index is 12.6. The van der Waals surface area contributed by atoms with Gasteiger partial charge in [0.15, 0.2) is 0 Å². The molecular weight excluding hydrogens is 306 g/mol. The van der Waals surface area contributed by atoms with E-state index in [1.165, 1.54) is 23.9 Å². The molecule has 0 aromatic carbocycles. The number of rotatable bonds is 6. The summed E-state index contributed by atoms with van der Waals surface area (Å²) in [4.78, 5) is 14.3. The number of hydrogen-bond acceptors (Lipinski definition) is 4. The summed E-state index contributed by atoms with van der Waals surface area (Å²) in [5, 5.41) is 0. The highest BCUT2D eigenvalue weighted by atomic mass is 32.2. The van der Waals surface area contributed by atoms with Crippen LogP contribution in [-0.2, 0) is 23.6 Å². The Hall–Kier alpha value is -2.06. The predicted molar refractivity (Wildman–Crippen MR) is 80.8 cm³/mol. The van der Waals surface area contributed by atoms with E-state index in [1.807, 2.05) is 6.92 Å². The van der Waals surface area contributed by atoms with Crippen molar-refractivity contribution < 1.29 is 17.6 Å². The van der Waals surface area contributed by atoms with Gasteiger partial charge in [0.05, 0.1) is 12.8 Å². The molecule has 2 aromatic rings. The molecule has 1 amide bonds. The normalized spacial score (nSPS) is 11.6. The van der Waals surface area contributed by atoms with Crippen LogP contribution in [0.25, 0.3) is 0 Å². The van der Waals surface area contributed by atoms with Crippen LogP contribution in [0.3, 0.4) is 0 Å². The molecule has 0 spiro atoms. The number of aromatic nitrogens is 1. The van der Waals surface area contributed by atoms with Crippen LogP contribution < -0.4 is 4.72 Å². The Morgan fingerprint density at radius 1 is 1.45 bits per heavy atom. The van der Waals surface area contributed by atoms with Crippen LogP contribution in [0, 0.1) is 0 Å². The predicted octanol–water partition coefficient (Wildman–Crippen LogP) is 1.19. The molecule has 0 fully saturated rings. The largest absolute Gasteiger partial charge is 0.467 e. The lowest BCUT2D eigenvalue weighted by atomic mass is 10.3. The monoisotopic (exact) mass is 325 g/mol. The van der Waals surface area contributed by atoms with E-state index < -0.39 is 10.0 Å².